The van der Waals surface area contributed by atoms with Crippen molar-refractivity contribution in [2.24, 2.45) is 0 Å². The van der Waals surface area contributed by atoms with Gasteiger partial charge in [-0.2, -0.15) is 0 Å². The second-order valence-corrected chi connectivity index (χ2v) is 4.80. The molecule has 3 heteroatoms. The number of hydrogen-bond acceptors (Lipinski definition) is 3. The SMILES string of the molecule is CCN(CC)CCc1ccc2cc(O)c(O)cc2c1. The van der Waals surface area contributed by atoms with E-state index >= 15 is 0 Å². The summed E-state index contributed by atoms with van der Waals surface area (Å²) < 4.78 is 0. The van der Waals surface area contributed by atoms with Crippen LogP contribution in [-0.4, -0.2) is 34.7 Å². The van der Waals surface area contributed by atoms with Crippen LogP contribution in [-0.2, 0) is 6.42 Å². The molecule has 2 rings (SSSR count). The van der Waals surface area contributed by atoms with E-state index in [9.17, 15) is 10.2 Å². The molecule has 2 aromatic carbocycles. The third-order valence-corrected chi connectivity index (χ3v) is 3.61. The summed E-state index contributed by atoms with van der Waals surface area (Å²) in [6, 6.07) is 9.37. The molecule has 0 aliphatic heterocycles. The van der Waals surface area contributed by atoms with Gasteiger partial charge in [-0.25, -0.2) is 0 Å². The number of phenols is 2. The van der Waals surface area contributed by atoms with Crippen LogP contribution in [0.15, 0.2) is 30.3 Å². The topological polar surface area (TPSA) is 43.7 Å². The summed E-state index contributed by atoms with van der Waals surface area (Å²) in [5, 5.41) is 20.9. The molecule has 0 unspecified atom stereocenters. The normalized spacial score (nSPS) is 11.3. The predicted octanol–water partition coefficient (Wildman–Crippen LogP) is 3.14. The molecule has 0 aliphatic rings. The number of nitrogens with zero attached hydrogens (tertiary/aromatic N) is 1. The number of benzene rings is 2. The summed E-state index contributed by atoms with van der Waals surface area (Å²) in [6.07, 6.45) is 0.999. The number of phenolic OH excluding ortho intramolecular Hbond substituents is 2. The molecule has 0 bridgehead atoms. The van der Waals surface area contributed by atoms with Gasteiger partial charge in [-0.05, 0) is 48.0 Å². The number of fused-ring (bicyclic) bond motifs is 1. The van der Waals surface area contributed by atoms with Crippen LogP contribution in [0.5, 0.6) is 11.5 Å². The summed E-state index contributed by atoms with van der Waals surface area (Å²) in [5.74, 6) is -0.128. The van der Waals surface area contributed by atoms with Gasteiger partial charge in [-0.15, -0.1) is 0 Å². The minimum atomic E-state index is -0.0663. The molecule has 0 heterocycles. The zero-order chi connectivity index (χ0) is 13.8. The Balaban J connectivity index is 2.19. The van der Waals surface area contributed by atoms with E-state index in [-0.39, 0.29) is 11.5 Å². The zero-order valence-electron chi connectivity index (χ0n) is 11.6. The Morgan fingerprint density at radius 3 is 2.16 bits per heavy atom. The lowest BCUT2D eigenvalue weighted by Gasteiger charge is -2.17. The third-order valence-electron chi connectivity index (χ3n) is 3.61. The van der Waals surface area contributed by atoms with Crippen LogP contribution in [0.3, 0.4) is 0 Å². The van der Waals surface area contributed by atoms with E-state index in [2.05, 4.69) is 30.9 Å². The van der Waals surface area contributed by atoms with Gasteiger partial charge in [0.2, 0.25) is 0 Å². The average Bonchev–Trinajstić information content (AvgIpc) is 2.41. The van der Waals surface area contributed by atoms with Crippen LogP contribution in [0.25, 0.3) is 10.8 Å². The lowest BCUT2D eigenvalue weighted by Crippen LogP contribution is -2.25. The quantitative estimate of drug-likeness (QED) is 0.811. The standard InChI is InChI=1S/C16H21NO2/c1-3-17(4-2)8-7-12-5-6-13-10-15(18)16(19)11-14(13)9-12/h5-6,9-11,18-19H,3-4,7-8H2,1-2H3. The van der Waals surface area contributed by atoms with E-state index in [1.165, 1.54) is 5.56 Å². The van der Waals surface area contributed by atoms with E-state index < -0.39 is 0 Å². The van der Waals surface area contributed by atoms with Gasteiger partial charge >= 0.3 is 0 Å². The summed E-state index contributed by atoms with van der Waals surface area (Å²) in [5.41, 5.74) is 1.25. The van der Waals surface area contributed by atoms with Gasteiger partial charge in [0, 0.05) is 6.54 Å². The number of rotatable bonds is 5. The van der Waals surface area contributed by atoms with Crippen molar-refractivity contribution in [2.75, 3.05) is 19.6 Å². The first-order chi connectivity index (χ1) is 9.13. The van der Waals surface area contributed by atoms with Gasteiger partial charge in [-0.3, -0.25) is 0 Å². The summed E-state index contributed by atoms with van der Waals surface area (Å²) in [4.78, 5) is 2.39. The average molecular weight is 259 g/mol. The first-order valence-corrected chi connectivity index (χ1v) is 6.81. The fourth-order valence-corrected chi connectivity index (χ4v) is 2.31. The number of likely N-dealkylation sites (N-methyl/N-ethyl adjacent to an activating group) is 1. The van der Waals surface area contributed by atoms with E-state index in [0.717, 1.165) is 36.8 Å². The molecule has 0 saturated heterocycles. The molecule has 2 aromatic rings. The van der Waals surface area contributed by atoms with Gasteiger partial charge in [0.1, 0.15) is 0 Å². The van der Waals surface area contributed by atoms with Gasteiger partial charge in [0.05, 0.1) is 0 Å². The Bertz CT molecular complexity index is 562. The van der Waals surface area contributed by atoms with Crippen LogP contribution in [0, 0.1) is 0 Å². The first-order valence-electron chi connectivity index (χ1n) is 6.81. The van der Waals surface area contributed by atoms with Gasteiger partial charge in [-0.1, -0.05) is 32.0 Å². The van der Waals surface area contributed by atoms with Crippen molar-refractivity contribution in [3.05, 3.63) is 35.9 Å². The maximum Gasteiger partial charge on any atom is 0.158 e. The fraction of sp³-hybridized carbons (Fsp3) is 0.375. The van der Waals surface area contributed by atoms with Crippen LogP contribution in [0.1, 0.15) is 19.4 Å². The fourth-order valence-electron chi connectivity index (χ4n) is 2.31. The summed E-state index contributed by atoms with van der Waals surface area (Å²) in [7, 11) is 0. The second kappa shape index (κ2) is 5.93. The molecule has 19 heavy (non-hydrogen) atoms. The number of aromatic hydroxyl groups is 2. The first kappa shape index (κ1) is 13.7. The number of hydrogen-bond donors (Lipinski definition) is 2. The highest BCUT2D eigenvalue weighted by molar-refractivity contribution is 5.86. The Labute approximate surface area is 114 Å². The maximum absolute atomic E-state index is 9.54. The van der Waals surface area contributed by atoms with Gasteiger partial charge < -0.3 is 15.1 Å². The highest BCUT2D eigenvalue weighted by Gasteiger charge is 2.04. The van der Waals surface area contributed by atoms with E-state index in [4.69, 9.17) is 0 Å². The van der Waals surface area contributed by atoms with Gasteiger partial charge in [0.15, 0.2) is 11.5 Å². The molecular formula is C16H21NO2. The smallest absolute Gasteiger partial charge is 0.158 e. The van der Waals surface area contributed by atoms with E-state index in [0.29, 0.717) is 0 Å². The zero-order valence-corrected chi connectivity index (χ0v) is 11.6. The Hall–Kier alpha value is -1.74. The molecule has 102 valence electrons. The minimum absolute atomic E-state index is 0.0617. The monoisotopic (exact) mass is 259 g/mol. The lowest BCUT2D eigenvalue weighted by atomic mass is 10.0. The predicted molar refractivity (Wildman–Crippen MR) is 78.8 cm³/mol. The highest BCUT2D eigenvalue weighted by atomic mass is 16.3. The largest absolute Gasteiger partial charge is 0.504 e. The van der Waals surface area contributed by atoms with Crippen molar-refractivity contribution in [1.29, 1.82) is 0 Å². The molecular weight excluding hydrogens is 238 g/mol. The molecule has 3 nitrogen and oxygen atoms in total. The molecule has 0 atom stereocenters. The molecule has 0 amide bonds. The third kappa shape index (κ3) is 3.18. The van der Waals surface area contributed by atoms with E-state index in [1.807, 2.05) is 6.07 Å². The molecule has 0 saturated carbocycles. The molecule has 2 N–H and O–H groups in total. The van der Waals surface area contributed by atoms with Crippen molar-refractivity contribution in [2.45, 2.75) is 20.3 Å². The Kier molecular flexibility index (Phi) is 4.27. The summed E-state index contributed by atoms with van der Waals surface area (Å²) in [6.45, 7) is 7.52. The van der Waals surface area contributed by atoms with Crippen LogP contribution >= 0.6 is 0 Å². The van der Waals surface area contributed by atoms with Crippen molar-refractivity contribution in [1.82, 2.24) is 4.90 Å². The van der Waals surface area contributed by atoms with Crippen LogP contribution < -0.4 is 0 Å². The molecule has 0 spiro atoms. The van der Waals surface area contributed by atoms with Crippen molar-refractivity contribution in [3.63, 3.8) is 0 Å². The summed E-state index contributed by atoms with van der Waals surface area (Å²) >= 11 is 0. The van der Waals surface area contributed by atoms with Crippen molar-refractivity contribution < 1.29 is 10.2 Å². The molecule has 0 radical (unpaired) electrons. The van der Waals surface area contributed by atoms with Gasteiger partial charge in [0.25, 0.3) is 0 Å². The second-order valence-electron chi connectivity index (χ2n) is 4.80. The van der Waals surface area contributed by atoms with Crippen LogP contribution in [0.4, 0.5) is 0 Å². The highest BCUT2D eigenvalue weighted by Crippen LogP contribution is 2.30. The lowest BCUT2D eigenvalue weighted by molar-refractivity contribution is 0.308. The molecule has 0 fully saturated rings. The van der Waals surface area contributed by atoms with Crippen molar-refractivity contribution >= 4 is 10.8 Å². The van der Waals surface area contributed by atoms with Crippen molar-refractivity contribution in [3.8, 4) is 11.5 Å². The Morgan fingerprint density at radius 1 is 0.895 bits per heavy atom. The maximum atomic E-state index is 9.54. The Morgan fingerprint density at radius 2 is 1.53 bits per heavy atom. The minimum Gasteiger partial charge on any atom is -0.504 e. The van der Waals surface area contributed by atoms with E-state index in [1.54, 1.807) is 12.1 Å². The molecule has 0 aromatic heterocycles. The molecule has 0 aliphatic carbocycles. The van der Waals surface area contributed by atoms with Crippen LogP contribution in [0.2, 0.25) is 0 Å².